The summed E-state index contributed by atoms with van der Waals surface area (Å²) in [6.07, 6.45) is 3.82. The lowest BCUT2D eigenvalue weighted by Crippen LogP contribution is -2.25. The highest BCUT2D eigenvalue weighted by Crippen LogP contribution is 1.98. The summed E-state index contributed by atoms with van der Waals surface area (Å²) in [7, 11) is 0. The summed E-state index contributed by atoms with van der Waals surface area (Å²) in [6, 6.07) is 3.50. The summed E-state index contributed by atoms with van der Waals surface area (Å²) >= 11 is 0. The average molecular weight is 194 g/mol. The molecule has 0 saturated heterocycles. The van der Waals surface area contributed by atoms with E-state index >= 15 is 0 Å². The Kier molecular flexibility index (Phi) is 3.91. The molecule has 0 radical (unpaired) electrons. The molecule has 4 nitrogen and oxygen atoms in total. The molecule has 0 aromatic carbocycles. The highest BCUT2D eigenvalue weighted by Gasteiger charge is 2.01. The normalized spacial score (nSPS) is 11.4. The van der Waals surface area contributed by atoms with Gasteiger partial charge in [-0.2, -0.15) is 4.73 Å². The first-order chi connectivity index (χ1) is 6.74. The Morgan fingerprint density at radius 2 is 2.43 bits per heavy atom. The topological polar surface area (TPSA) is 48.5 Å². The van der Waals surface area contributed by atoms with Crippen LogP contribution in [0.15, 0.2) is 29.7 Å². The minimum atomic E-state index is 0.599. The molecule has 76 valence electrons. The van der Waals surface area contributed by atoms with E-state index in [0.717, 1.165) is 16.7 Å². The van der Waals surface area contributed by atoms with Crippen LogP contribution in [0.5, 0.6) is 0 Å². The van der Waals surface area contributed by atoms with Gasteiger partial charge < -0.3 is 10.0 Å². The standard InChI is InChI=1S/C10H14N2O2/c1-3-7-14-11-9(2)10-5-4-6-12(13)8-10/h4-6,8H,3,7H2,1-2H3/b11-9+. The Labute approximate surface area is 83.4 Å². The van der Waals surface area contributed by atoms with Gasteiger partial charge in [-0.15, -0.1) is 0 Å². The summed E-state index contributed by atoms with van der Waals surface area (Å²) < 4.78 is 0.744. The Morgan fingerprint density at radius 1 is 1.64 bits per heavy atom. The number of rotatable bonds is 4. The Morgan fingerprint density at radius 3 is 3.07 bits per heavy atom. The van der Waals surface area contributed by atoms with Gasteiger partial charge in [-0.1, -0.05) is 12.1 Å². The average Bonchev–Trinajstić information content (AvgIpc) is 2.18. The van der Waals surface area contributed by atoms with E-state index in [1.807, 2.05) is 19.9 Å². The van der Waals surface area contributed by atoms with Gasteiger partial charge in [0.05, 0.1) is 11.3 Å². The monoisotopic (exact) mass is 194 g/mol. The van der Waals surface area contributed by atoms with E-state index in [1.54, 1.807) is 6.07 Å². The summed E-state index contributed by atoms with van der Waals surface area (Å²) in [5, 5.41) is 14.8. The zero-order valence-corrected chi connectivity index (χ0v) is 8.43. The van der Waals surface area contributed by atoms with E-state index in [9.17, 15) is 5.21 Å². The zero-order chi connectivity index (χ0) is 10.4. The van der Waals surface area contributed by atoms with Gasteiger partial charge >= 0.3 is 0 Å². The molecule has 0 bridgehead atoms. The predicted octanol–water partition coefficient (Wildman–Crippen LogP) is 1.47. The Hall–Kier alpha value is -1.58. The maximum Gasteiger partial charge on any atom is 0.189 e. The first-order valence-corrected chi connectivity index (χ1v) is 4.59. The van der Waals surface area contributed by atoms with Gasteiger partial charge in [0.2, 0.25) is 0 Å². The van der Waals surface area contributed by atoms with Crippen LogP contribution in [0.4, 0.5) is 0 Å². The summed E-state index contributed by atoms with van der Waals surface area (Å²) in [5.74, 6) is 0. The molecular weight excluding hydrogens is 180 g/mol. The maximum absolute atomic E-state index is 10.9. The van der Waals surface area contributed by atoms with Crippen molar-refractivity contribution in [1.82, 2.24) is 0 Å². The number of oxime groups is 1. The van der Waals surface area contributed by atoms with Gasteiger partial charge in [-0.05, 0) is 19.4 Å². The van der Waals surface area contributed by atoms with Gasteiger partial charge in [0, 0.05) is 6.07 Å². The van der Waals surface area contributed by atoms with Crippen LogP contribution in [0.3, 0.4) is 0 Å². The van der Waals surface area contributed by atoms with Gasteiger partial charge in [0.15, 0.2) is 12.4 Å². The summed E-state index contributed by atoms with van der Waals surface area (Å²) in [6.45, 7) is 4.42. The number of aromatic nitrogens is 1. The number of hydrogen-bond acceptors (Lipinski definition) is 3. The zero-order valence-electron chi connectivity index (χ0n) is 8.43. The molecule has 0 fully saturated rings. The van der Waals surface area contributed by atoms with Crippen LogP contribution in [0.2, 0.25) is 0 Å². The second-order valence-electron chi connectivity index (χ2n) is 2.96. The molecule has 1 aromatic heterocycles. The lowest BCUT2D eigenvalue weighted by molar-refractivity contribution is -0.605. The first-order valence-electron chi connectivity index (χ1n) is 4.59. The van der Waals surface area contributed by atoms with E-state index in [0.29, 0.717) is 12.3 Å². The fraction of sp³-hybridized carbons (Fsp3) is 0.400. The lowest BCUT2D eigenvalue weighted by atomic mass is 10.2. The Bertz CT molecular complexity index is 324. The van der Waals surface area contributed by atoms with Crippen molar-refractivity contribution in [3.05, 3.63) is 35.3 Å². The minimum absolute atomic E-state index is 0.599. The van der Waals surface area contributed by atoms with Crippen molar-refractivity contribution in [3.63, 3.8) is 0 Å². The van der Waals surface area contributed by atoms with Crippen LogP contribution in [0.25, 0.3) is 0 Å². The largest absolute Gasteiger partial charge is 0.619 e. The van der Waals surface area contributed by atoms with Crippen molar-refractivity contribution < 1.29 is 9.57 Å². The van der Waals surface area contributed by atoms with E-state index in [4.69, 9.17) is 4.84 Å². The summed E-state index contributed by atoms with van der Waals surface area (Å²) in [4.78, 5) is 5.02. The fourth-order valence-electron chi connectivity index (χ4n) is 0.955. The third-order valence-corrected chi connectivity index (χ3v) is 1.69. The predicted molar refractivity (Wildman–Crippen MR) is 53.9 cm³/mol. The van der Waals surface area contributed by atoms with Crippen LogP contribution in [-0.4, -0.2) is 12.3 Å². The van der Waals surface area contributed by atoms with Crippen LogP contribution in [0.1, 0.15) is 25.8 Å². The van der Waals surface area contributed by atoms with Crippen LogP contribution < -0.4 is 4.73 Å². The van der Waals surface area contributed by atoms with Crippen molar-refractivity contribution >= 4 is 5.71 Å². The third kappa shape index (κ3) is 3.05. The van der Waals surface area contributed by atoms with E-state index in [1.165, 1.54) is 12.4 Å². The molecule has 1 rings (SSSR count). The molecule has 4 heteroatoms. The number of nitrogens with zero attached hydrogens (tertiary/aromatic N) is 2. The molecule has 0 aliphatic carbocycles. The van der Waals surface area contributed by atoms with Crippen molar-refractivity contribution in [2.75, 3.05) is 6.61 Å². The fourth-order valence-corrected chi connectivity index (χ4v) is 0.955. The molecular formula is C10H14N2O2. The van der Waals surface area contributed by atoms with Gasteiger partial charge in [0.1, 0.15) is 6.61 Å². The minimum Gasteiger partial charge on any atom is -0.619 e. The first kappa shape index (κ1) is 10.5. The van der Waals surface area contributed by atoms with Crippen LogP contribution in [-0.2, 0) is 4.84 Å². The van der Waals surface area contributed by atoms with Gasteiger partial charge in [-0.25, -0.2) is 0 Å². The third-order valence-electron chi connectivity index (χ3n) is 1.69. The van der Waals surface area contributed by atoms with Gasteiger partial charge in [-0.3, -0.25) is 0 Å². The summed E-state index contributed by atoms with van der Waals surface area (Å²) in [5.41, 5.74) is 1.49. The molecule has 0 amide bonds. The van der Waals surface area contributed by atoms with Crippen molar-refractivity contribution in [2.45, 2.75) is 20.3 Å². The van der Waals surface area contributed by atoms with E-state index in [-0.39, 0.29) is 0 Å². The smallest absolute Gasteiger partial charge is 0.189 e. The second-order valence-corrected chi connectivity index (χ2v) is 2.96. The molecule has 14 heavy (non-hydrogen) atoms. The molecule has 0 aliphatic heterocycles. The Balaban J connectivity index is 2.68. The number of pyridine rings is 1. The van der Waals surface area contributed by atoms with E-state index in [2.05, 4.69) is 5.16 Å². The SMILES string of the molecule is CCCO/N=C(\C)c1ccc[n+]([O-])c1. The van der Waals surface area contributed by atoms with Crippen molar-refractivity contribution in [3.8, 4) is 0 Å². The van der Waals surface area contributed by atoms with Crippen molar-refractivity contribution in [1.29, 1.82) is 0 Å². The number of hydrogen-bond donors (Lipinski definition) is 0. The molecule has 0 unspecified atom stereocenters. The lowest BCUT2D eigenvalue weighted by Gasteiger charge is -2.01. The molecule has 1 heterocycles. The second kappa shape index (κ2) is 5.21. The van der Waals surface area contributed by atoms with Crippen LogP contribution >= 0.6 is 0 Å². The highest BCUT2D eigenvalue weighted by atomic mass is 16.6. The molecule has 1 aromatic rings. The van der Waals surface area contributed by atoms with E-state index < -0.39 is 0 Å². The highest BCUT2D eigenvalue weighted by molar-refractivity contribution is 5.97. The molecule has 0 aliphatic rings. The van der Waals surface area contributed by atoms with Crippen LogP contribution in [0, 0.1) is 5.21 Å². The maximum atomic E-state index is 10.9. The quantitative estimate of drug-likeness (QED) is 0.239. The molecule has 0 spiro atoms. The molecule has 0 saturated carbocycles. The van der Waals surface area contributed by atoms with Crippen molar-refractivity contribution in [2.24, 2.45) is 5.16 Å². The molecule has 0 N–H and O–H groups in total. The van der Waals surface area contributed by atoms with Gasteiger partial charge in [0.25, 0.3) is 0 Å². The molecule has 0 atom stereocenters.